The van der Waals surface area contributed by atoms with Gasteiger partial charge in [-0.05, 0) is 25.0 Å². The summed E-state index contributed by atoms with van der Waals surface area (Å²) in [5, 5.41) is 0. The van der Waals surface area contributed by atoms with Crippen LogP contribution in [-0.2, 0) is 14.3 Å². The number of anilines is 1. The summed E-state index contributed by atoms with van der Waals surface area (Å²) in [6.45, 7) is 4.89. The van der Waals surface area contributed by atoms with E-state index in [1.165, 1.54) is 0 Å². The van der Waals surface area contributed by atoms with Gasteiger partial charge in [0.05, 0.1) is 19.8 Å². The van der Waals surface area contributed by atoms with Gasteiger partial charge in [-0.1, -0.05) is 6.07 Å². The molecule has 7 heteroatoms. The Balaban J connectivity index is 1.52. The maximum atomic E-state index is 12.4. The Morgan fingerprint density at radius 3 is 2.88 bits per heavy atom. The lowest BCUT2D eigenvalue weighted by Gasteiger charge is -2.32. The molecule has 3 fully saturated rings. The molecule has 0 radical (unpaired) electrons. The summed E-state index contributed by atoms with van der Waals surface area (Å²) in [4.78, 5) is 32.4. The first-order valence-electron chi connectivity index (χ1n) is 9.37. The quantitative estimate of drug-likeness (QED) is 0.810. The molecule has 26 heavy (non-hydrogen) atoms. The molecular weight excluding hydrogens is 334 g/mol. The first-order valence-corrected chi connectivity index (χ1v) is 9.37. The molecule has 0 bridgehead atoms. The number of rotatable bonds is 2. The van der Waals surface area contributed by atoms with Crippen molar-refractivity contribution in [3.63, 3.8) is 0 Å². The second kappa shape index (κ2) is 6.87. The van der Waals surface area contributed by atoms with E-state index in [0.717, 1.165) is 37.9 Å². The molecule has 3 aliphatic heterocycles. The fourth-order valence-electron chi connectivity index (χ4n) is 4.13. The monoisotopic (exact) mass is 359 g/mol. The zero-order valence-corrected chi connectivity index (χ0v) is 15.1. The van der Waals surface area contributed by atoms with Gasteiger partial charge in [0.2, 0.25) is 5.91 Å². The Hall–Kier alpha value is -2.15. The van der Waals surface area contributed by atoms with Crippen LogP contribution in [0, 0.1) is 0 Å². The molecule has 0 unspecified atom stereocenters. The highest BCUT2D eigenvalue weighted by Crippen LogP contribution is 2.35. The van der Waals surface area contributed by atoms with E-state index in [1.807, 2.05) is 23.1 Å². The Bertz CT molecular complexity index is 702. The number of nitrogens with zero attached hydrogens (tertiary/aromatic N) is 3. The number of carbonyl (C=O) groups excluding carboxylic acids is 2. The normalized spacial score (nSPS) is 25.4. The fraction of sp³-hybridized carbons (Fsp3) is 0.632. The summed E-state index contributed by atoms with van der Waals surface area (Å²) in [6, 6.07) is 5.78. The highest BCUT2D eigenvalue weighted by atomic mass is 16.6. The van der Waals surface area contributed by atoms with Gasteiger partial charge in [-0.2, -0.15) is 0 Å². The summed E-state index contributed by atoms with van der Waals surface area (Å²) in [6.07, 6.45) is 3.11. The van der Waals surface area contributed by atoms with Crippen molar-refractivity contribution in [2.75, 3.05) is 37.7 Å². The van der Waals surface area contributed by atoms with E-state index in [0.29, 0.717) is 32.1 Å². The molecule has 1 aromatic heterocycles. The van der Waals surface area contributed by atoms with Crippen LogP contribution in [-0.4, -0.2) is 60.3 Å². The van der Waals surface area contributed by atoms with Gasteiger partial charge < -0.3 is 14.4 Å². The van der Waals surface area contributed by atoms with Crippen molar-refractivity contribution in [2.24, 2.45) is 0 Å². The van der Waals surface area contributed by atoms with Gasteiger partial charge in [0.15, 0.2) is 0 Å². The van der Waals surface area contributed by atoms with Crippen molar-refractivity contribution in [1.82, 2.24) is 9.88 Å². The second-order valence-corrected chi connectivity index (χ2v) is 7.47. The lowest BCUT2D eigenvalue weighted by Crippen LogP contribution is -2.40. The predicted octanol–water partition coefficient (Wildman–Crippen LogP) is 2.31. The van der Waals surface area contributed by atoms with Crippen LogP contribution in [0.2, 0.25) is 0 Å². The first-order chi connectivity index (χ1) is 12.6. The van der Waals surface area contributed by atoms with E-state index in [2.05, 4.69) is 0 Å². The molecule has 3 saturated heterocycles. The lowest BCUT2D eigenvalue weighted by atomic mass is 9.94. The number of aromatic nitrogens is 1. The molecular formula is C19H25N3O4. The molecule has 4 rings (SSSR count). The molecule has 2 amide bonds. The number of carbonyl (C=O) groups is 2. The third-order valence-electron chi connectivity index (χ3n) is 5.69. The molecule has 140 valence electrons. The van der Waals surface area contributed by atoms with Gasteiger partial charge in [0.1, 0.15) is 11.4 Å². The van der Waals surface area contributed by atoms with Crippen LogP contribution in [0.5, 0.6) is 0 Å². The molecule has 0 saturated carbocycles. The van der Waals surface area contributed by atoms with Gasteiger partial charge in [-0.15, -0.1) is 0 Å². The van der Waals surface area contributed by atoms with Crippen molar-refractivity contribution in [2.45, 2.75) is 44.1 Å². The third-order valence-corrected chi connectivity index (χ3v) is 5.69. The molecule has 4 heterocycles. The molecule has 7 nitrogen and oxygen atoms in total. The van der Waals surface area contributed by atoms with Crippen molar-refractivity contribution in [3.8, 4) is 0 Å². The number of hydrogen-bond acceptors (Lipinski definition) is 5. The lowest BCUT2D eigenvalue weighted by molar-refractivity contribution is -0.130. The van der Waals surface area contributed by atoms with E-state index in [-0.39, 0.29) is 17.9 Å². The summed E-state index contributed by atoms with van der Waals surface area (Å²) in [7, 11) is 0. The van der Waals surface area contributed by atoms with Crippen LogP contribution in [0.15, 0.2) is 18.2 Å². The smallest absolute Gasteiger partial charge is 0.416 e. The van der Waals surface area contributed by atoms with Gasteiger partial charge in [0, 0.05) is 44.5 Å². The van der Waals surface area contributed by atoms with Gasteiger partial charge in [-0.3, -0.25) is 9.69 Å². The minimum atomic E-state index is -0.441. The van der Waals surface area contributed by atoms with Crippen molar-refractivity contribution >= 4 is 17.8 Å². The molecule has 3 aliphatic rings. The first kappa shape index (κ1) is 17.3. The van der Waals surface area contributed by atoms with Crippen molar-refractivity contribution < 1.29 is 19.1 Å². The number of hydrogen-bond donors (Lipinski definition) is 0. The van der Waals surface area contributed by atoms with Crippen LogP contribution in [0.1, 0.15) is 44.2 Å². The fourth-order valence-corrected chi connectivity index (χ4v) is 4.13. The Morgan fingerprint density at radius 1 is 1.31 bits per heavy atom. The summed E-state index contributed by atoms with van der Waals surface area (Å²) in [5.41, 5.74) is 0.498. The van der Waals surface area contributed by atoms with Crippen LogP contribution in [0.3, 0.4) is 0 Å². The van der Waals surface area contributed by atoms with Crippen LogP contribution in [0.25, 0.3) is 0 Å². The Kier molecular flexibility index (Phi) is 4.56. The highest BCUT2D eigenvalue weighted by Gasteiger charge is 2.47. The van der Waals surface area contributed by atoms with Crippen LogP contribution < -0.4 is 4.90 Å². The van der Waals surface area contributed by atoms with Crippen LogP contribution in [0.4, 0.5) is 10.6 Å². The average molecular weight is 359 g/mol. The summed E-state index contributed by atoms with van der Waals surface area (Å²) in [5.74, 6) is 0.953. The Morgan fingerprint density at radius 2 is 2.12 bits per heavy atom. The number of amides is 2. The second-order valence-electron chi connectivity index (χ2n) is 7.47. The van der Waals surface area contributed by atoms with E-state index in [9.17, 15) is 9.59 Å². The zero-order valence-electron chi connectivity index (χ0n) is 15.1. The number of likely N-dealkylation sites (tertiary alicyclic amines) is 1. The standard InChI is InChI=1S/C19H25N3O4/c1-14(23)21-9-3-4-15(12-21)16-5-2-6-17(20-16)22-13-19(26-18(22)24)7-10-25-11-8-19/h2,5-6,15H,3-4,7-13H2,1H3/t15-/m0/s1. The molecule has 1 spiro atoms. The average Bonchev–Trinajstić information content (AvgIpc) is 2.98. The Labute approximate surface area is 153 Å². The highest BCUT2D eigenvalue weighted by molar-refractivity contribution is 5.89. The van der Waals surface area contributed by atoms with Crippen molar-refractivity contribution in [1.29, 1.82) is 0 Å². The summed E-state index contributed by atoms with van der Waals surface area (Å²) >= 11 is 0. The maximum Gasteiger partial charge on any atom is 0.416 e. The van der Waals surface area contributed by atoms with E-state index < -0.39 is 5.60 Å². The molecule has 0 N–H and O–H groups in total. The SMILES string of the molecule is CC(=O)N1CCC[C@H](c2cccc(N3CC4(CCOCC4)OC3=O)n2)C1. The summed E-state index contributed by atoms with van der Waals surface area (Å²) < 4.78 is 11.1. The topological polar surface area (TPSA) is 72.0 Å². The van der Waals surface area contributed by atoms with Gasteiger partial charge >= 0.3 is 6.09 Å². The molecule has 0 aliphatic carbocycles. The minimum Gasteiger partial charge on any atom is -0.440 e. The predicted molar refractivity (Wildman–Crippen MR) is 95.1 cm³/mol. The third kappa shape index (κ3) is 3.28. The number of piperidine rings is 1. The van der Waals surface area contributed by atoms with Gasteiger partial charge in [0.25, 0.3) is 0 Å². The van der Waals surface area contributed by atoms with Gasteiger partial charge in [-0.25, -0.2) is 9.78 Å². The minimum absolute atomic E-state index is 0.107. The number of pyridine rings is 1. The largest absolute Gasteiger partial charge is 0.440 e. The van der Waals surface area contributed by atoms with Crippen LogP contribution >= 0.6 is 0 Å². The zero-order chi connectivity index (χ0) is 18.1. The van der Waals surface area contributed by atoms with E-state index in [4.69, 9.17) is 14.5 Å². The number of ether oxygens (including phenoxy) is 2. The van der Waals surface area contributed by atoms with E-state index >= 15 is 0 Å². The van der Waals surface area contributed by atoms with E-state index in [1.54, 1.807) is 11.8 Å². The molecule has 1 atom stereocenters. The molecule has 0 aromatic carbocycles. The van der Waals surface area contributed by atoms with Crippen molar-refractivity contribution in [3.05, 3.63) is 23.9 Å². The molecule has 1 aromatic rings. The maximum absolute atomic E-state index is 12.4.